The molecular weight excluding hydrogens is 282 g/mol. The highest BCUT2D eigenvalue weighted by molar-refractivity contribution is 6.18. The zero-order valence-corrected chi connectivity index (χ0v) is 13.2. The highest BCUT2D eigenvalue weighted by Gasteiger charge is 2.24. The molecule has 0 amide bonds. The van der Waals surface area contributed by atoms with E-state index in [1.807, 2.05) is 13.0 Å². The summed E-state index contributed by atoms with van der Waals surface area (Å²) in [6.45, 7) is 2.95. The number of anilines is 1. The van der Waals surface area contributed by atoms with Gasteiger partial charge in [-0.2, -0.15) is 5.10 Å². The maximum absolute atomic E-state index is 6.12. The molecule has 2 aromatic rings. The SMILES string of the molecule is Cc1nnc(NCC2CCCCC2CCl)c2ccccc12. The molecule has 1 fully saturated rings. The highest BCUT2D eigenvalue weighted by Crippen LogP contribution is 2.31. The Hall–Kier alpha value is -1.35. The van der Waals surface area contributed by atoms with E-state index in [2.05, 4.69) is 33.7 Å². The fourth-order valence-electron chi connectivity index (χ4n) is 3.35. The summed E-state index contributed by atoms with van der Waals surface area (Å²) in [5.41, 5.74) is 0.979. The number of nitrogens with zero attached hydrogens (tertiary/aromatic N) is 2. The number of hydrogen-bond donors (Lipinski definition) is 1. The van der Waals surface area contributed by atoms with Gasteiger partial charge < -0.3 is 5.32 Å². The van der Waals surface area contributed by atoms with Gasteiger partial charge in [-0.15, -0.1) is 16.7 Å². The lowest BCUT2D eigenvalue weighted by molar-refractivity contribution is 0.272. The van der Waals surface area contributed by atoms with Crippen LogP contribution in [0.3, 0.4) is 0 Å². The molecule has 3 nitrogen and oxygen atoms in total. The van der Waals surface area contributed by atoms with Gasteiger partial charge in [0.1, 0.15) is 0 Å². The molecule has 0 radical (unpaired) electrons. The number of benzene rings is 1. The topological polar surface area (TPSA) is 37.8 Å². The van der Waals surface area contributed by atoms with E-state index in [-0.39, 0.29) is 0 Å². The second-order valence-corrected chi connectivity index (χ2v) is 6.33. The minimum absolute atomic E-state index is 0.637. The van der Waals surface area contributed by atoms with Crippen LogP contribution in [0.15, 0.2) is 24.3 Å². The smallest absolute Gasteiger partial charge is 0.156 e. The number of hydrogen-bond acceptors (Lipinski definition) is 3. The molecule has 0 aliphatic heterocycles. The maximum atomic E-state index is 6.12. The summed E-state index contributed by atoms with van der Waals surface area (Å²) in [7, 11) is 0. The first-order valence-corrected chi connectivity index (χ1v) is 8.35. The maximum Gasteiger partial charge on any atom is 0.156 e. The van der Waals surface area contributed by atoms with Crippen LogP contribution in [-0.2, 0) is 0 Å². The molecule has 1 heterocycles. The Morgan fingerprint density at radius 3 is 2.57 bits per heavy atom. The van der Waals surface area contributed by atoms with Crippen LogP contribution in [-0.4, -0.2) is 22.6 Å². The van der Waals surface area contributed by atoms with Gasteiger partial charge in [0.25, 0.3) is 0 Å². The summed E-state index contributed by atoms with van der Waals surface area (Å²) in [6.07, 6.45) is 5.17. The third-order valence-electron chi connectivity index (χ3n) is 4.67. The zero-order valence-electron chi connectivity index (χ0n) is 12.5. The Bertz CT molecular complexity index is 614. The van der Waals surface area contributed by atoms with Crippen LogP contribution in [0.5, 0.6) is 0 Å². The van der Waals surface area contributed by atoms with E-state index in [0.717, 1.165) is 29.3 Å². The van der Waals surface area contributed by atoms with Crippen molar-refractivity contribution in [2.45, 2.75) is 32.6 Å². The highest BCUT2D eigenvalue weighted by atomic mass is 35.5. The van der Waals surface area contributed by atoms with Crippen molar-refractivity contribution in [1.29, 1.82) is 0 Å². The first kappa shape index (κ1) is 14.6. The average molecular weight is 304 g/mol. The van der Waals surface area contributed by atoms with E-state index in [9.17, 15) is 0 Å². The van der Waals surface area contributed by atoms with Crippen molar-refractivity contribution in [3.8, 4) is 0 Å². The van der Waals surface area contributed by atoms with Gasteiger partial charge in [0.15, 0.2) is 5.82 Å². The Balaban J connectivity index is 1.77. The van der Waals surface area contributed by atoms with E-state index in [1.54, 1.807) is 0 Å². The summed E-state index contributed by atoms with van der Waals surface area (Å²) in [5.74, 6) is 2.96. The molecule has 0 bridgehead atoms. The van der Waals surface area contributed by atoms with Crippen LogP contribution in [0, 0.1) is 18.8 Å². The lowest BCUT2D eigenvalue weighted by Crippen LogP contribution is -2.27. The van der Waals surface area contributed by atoms with Crippen LogP contribution in [0.2, 0.25) is 0 Å². The molecule has 0 spiro atoms. The largest absolute Gasteiger partial charge is 0.368 e. The van der Waals surface area contributed by atoms with E-state index in [1.165, 1.54) is 31.1 Å². The molecule has 3 rings (SSSR count). The van der Waals surface area contributed by atoms with Crippen molar-refractivity contribution in [2.24, 2.45) is 11.8 Å². The number of fused-ring (bicyclic) bond motifs is 1. The van der Waals surface area contributed by atoms with Crippen molar-refractivity contribution < 1.29 is 0 Å². The predicted molar refractivity (Wildman–Crippen MR) is 88.9 cm³/mol. The molecule has 0 saturated heterocycles. The quantitative estimate of drug-likeness (QED) is 0.851. The second kappa shape index (κ2) is 6.61. The number of rotatable bonds is 4. The number of nitrogens with one attached hydrogen (secondary N) is 1. The molecular formula is C17H22ClN3. The Morgan fingerprint density at radius 2 is 1.81 bits per heavy atom. The van der Waals surface area contributed by atoms with Crippen molar-refractivity contribution in [1.82, 2.24) is 10.2 Å². The van der Waals surface area contributed by atoms with Crippen LogP contribution in [0.4, 0.5) is 5.82 Å². The van der Waals surface area contributed by atoms with E-state index in [0.29, 0.717) is 11.8 Å². The third-order valence-corrected chi connectivity index (χ3v) is 5.06. The minimum Gasteiger partial charge on any atom is -0.368 e. The van der Waals surface area contributed by atoms with Crippen LogP contribution in [0.1, 0.15) is 31.4 Å². The van der Waals surface area contributed by atoms with E-state index >= 15 is 0 Å². The van der Waals surface area contributed by atoms with Crippen molar-refractivity contribution >= 4 is 28.2 Å². The summed E-state index contributed by atoms with van der Waals surface area (Å²) in [4.78, 5) is 0. The monoisotopic (exact) mass is 303 g/mol. The Morgan fingerprint density at radius 1 is 1.10 bits per heavy atom. The molecule has 21 heavy (non-hydrogen) atoms. The molecule has 1 aromatic carbocycles. The second-order valence-electron chi connectivity index (χ2n) is 6.02. The Kier molecular flexibility index (Phi) is 4.59. The lowest BCUT2D eigenvalue weighted by Gasteiger charge is -2.30. The molecule has 112 valence electrons. The van der Waals surface area contributed by atoms with Gasteiger partial charge in [-0.3, -0.25) is 0 Å². The van der Waals surface area contributed by atoms with E-state index < -0.39 is 0 Å². The van der Waals surface area contributed by atoms with Gasteiger partial charge in [-0.25, -0.2) is 0 Å². The van der Waals surface area contributed by atoms with Crippen LogP contribution < -0.4 is 5.32 Å². The standard InChI is InChI=1S/C17H22ClN3/c1-12-15-8-4-5-9-16(15)17(21-20-12)19-11-14-7-3-2-6-13(14)10-18/h4-5,8-9,13-14H,2-3,6-7,10-11H2,1H3,(H,19,21). The molecule has 2 atom stereocenters. The predicted octanol–water partition coefficient (Wildman–Crippen LogP) is 4.40. The number of aryl methyl sites for hydroxylation is 1. The fourth-order valence-corrected chi connectivity index (χ4v) is 3.76. The van der Waals surface area contributed by atoms with Crippen LogP contribution in [0.25, 0.3) is 10.8 Å². The summed E-state index contributed by atoms with van der Waals surface area (Å²) >= 11 is 6.12. The first-order valence-electron chi connectivity index (χ1n) is 7.81. The minimum atomic E-state index is 0.637. The molecule has 1 saturated carbocycles. The van der Waals surface area contributed by atoms with Gasteiger partial charge in [0.05, 0.1) is 5.69 Å². The zero-order chi connectivity index (χ0) is 14.7. The third kappa shape index (κ3) is 3.13. The van der Waals surface area contributed by atoms with Crippen molar-refractivity contribution in [3.63, 3.8) is 0 Å². The molecule has 1 aliphatic rings. The van der Waals surface area contributed by atoms with Gasteiger partial charge in [0, 0.05) is 23.2 Å². The van der Waals surface area contributed by atoms with Crippen molar-refractivity contribution in [2.75, 3.05) is 17.7 Å². The number of alkyl halides is 1. The molecule has 4 heteroatoms. The molecule has 1 aliphatic carbocycles. The molecule has 1 N–H and O–H groups in total. The van der Waals surface area contributed by atoms with E-state index in [4.69, 9.17) is 11.6 Å². The summed E-state index contributed by atoms with van der Waals surface area (Å²) < 4.78 is 0. The Labute approximate surface area is 131 Å². The fraction of sp³-hybridized carbons (Fsp3) is 0.529. The normalized spacial score (nSPS) is 22.4. The van der Waals surface area contributed by atoms with Gasteiger partial charge >= 0.3 is 0 Å². The first-order chi connectivity index (χ1) is 10.3. The van der Waals surface area contributed by atoms with Crippen LogP contribution >= 0.6 is 11.6 Å². The number of halogens is 1. The average Bonchev–Trinajstić information content (AvgIpc) is 2.55. The summed E-state index contributed by atoms with van der Waals surface area (Å²) in [5, 5.41) is 14.5. The van der Waals surface area contributed by atoms with Crippen molar-refractivity contribution in [3.05, 3.63) is 30.0 Å². The van der Waals surface area contributed by atoms with Gasteiger partial charge in [-0.1, -0.05) is 37.1 Å². The lowest BCUT2D eigenvalue weighted by atomic mass is 9.80. The molecule has 1 aromatic heterocycles. The number of aromatic nitrogens is 2. The molecule has 2 unspecified atom stereocenters. The van der Waals surface area contributed by atoms with Gasteiger partial charge in [0.2, 0.25) is 0 Å². The summed E-state index contributed by atoms with van der Waals surface area (Å²) in [6, 6.07) is 8.31. The van der Waals surface area contributed by atoms with Gasteiger partial charge in [-0.05, 0) is 31.6 Å².